The first-order chi connectivity index (χ1) is 12.6. The second-order valence-electron chi connectivity index (χ2n) is 8.65. The van der Waals surface area contributed by atoms with Crippen molar-refractivity contribution in [2.75, 3.05) is 0 Å². The Morgan fingerprint density at radius 2 is 1.96 bits per heavy atom. The molecule has 0 radical (unpaired) electrons. The van der Waals surface area contributed by atoms with E-state index in [1.165, 1.54) is 0 Å². The predicted molar refractivity (Wildman–Crippen MR) is 111 cm³/mol. The molecule has 0 fully saturated rings. The maximum absolute atomic E-state index is 4.71. The Kier molecular flexibility index (Phi) is 4.76. The summed E-state index contributed by atoms with van der Waals surface area (Å²) in [7, 11) is 0. The van der Waals surface area contributed by atoms with E-state index in [1.54, 1.807) is 6.20 Å². The van der Waals surface area contributed by atoms with E-state index in [0.29, 0.717) is 0 Å². The molecule has 0 aromatic carbocycles. The van der Waals surface area contributed by atoms with Crippen LogP contribution in [0.5, 0.6) is 0 Å². The molecule has 0 aliphatic rings. The standard InChI is InChI=1S/C21H28N6/c1-14-12-24-27(18(14)8-9-22-7)21(5,6)11-15-10-17-16(13-23-15)19(26-25-17)20(2,3)4/h8-10,12-13H,7,11H2,1-6H3,(H,25,26)/b9-8-. The van der Waals surface area contributed by atoms with E-state index in [2.05, 4.69) is 67.7 Å². The molecule has 3 rings (SSSR count). The van der Waals surface area contributed by atoms with Crippen molar-refractivity contribution in [2.45, 2.75) is 58.9 Å². The Morgan fingerprint density at radius 1 is 1.22 bits per heavy atom. The highest BCUT2D eigenvalue weighted by atomic mass is 15.3. The number of aromatic nitrogens is 5. The van der Waals surface area contributed by atoms with Crippen molar-refractivity contribution in [3.05, 3.63) is 47.3 Å². The molecule has 27 heavy (non-hydrogen) atoms. The number of fused-ring (bicyclic) bond motifs is 1. The molecule has 0 atom stereocenters. The van der Waals surface area contributed by atoms with Crippen molar-refractivity contribution in [2.24, 2.45) is 4.99 Å². The second-order valence-corrected chi connectivity index (χ2v) is 8.65. The summed E-state index contributed by atoms with van der Waals surface area (Å²) in [5, 5.41) is 13.3. The molecule has 3 aromatic rings. The monoisotopic (exact) mass is 364 g/mol. The lowest BCUT2D eigenvalue weighted by atomic mass is 9.90. The SMILES string of the molecule is C=N/C=C\c1c(C)cnn1C(C)(C)Cc1cc2n[nH]c(C(C)(C)C)c2cn1. The van der Waals surface area contributed by atoms with Crippen molar-refractivity contribution in [3.8, 4) is 0 Å². The van der Waals surface area contributed by atoms with E-state index < -0.39 is 0 Å². The number of H-pyrrole nitrogens is 1. The number of aromatic amines is 1. The lowest BCUT2D eigenvalue weighted by molar-refractivity contribution is 0.312. The van der Waals surface area contributed by atoms with Crippen LogP contribution < -0.4 is 0 Å². The fourth-order valence-electron chi connectivity index (χ4n) is 3.38. The zero-order valence-electron chi connectivity index (χ0n) is 17.0. The van der Waals surface area contributed by atoms with Crippen LogP contribution in [0.3, 0.4) is 0 Å². The number of nitrogens with one attached hydrogen (secondary N) is 1. The maximum Gasteiger partial charge on any atom is 0.0957 e. The van der Waals surface area contributed by atoms with Crippen molar-refractivity contribution >= 4 is 23.7 Å². The lowest BCUT2D eigenvalue weighted by Crippen LogP contribution is -2.31. The molecule has 0 saturated carbocycles. The Hall–Kier alpha value is -2.76. The Balaban J connectivity index is 1.95. The van der Waals surface area contributed by atoms with Crippen LogP contribution in [0.2, 0.25) is 0 Å². The van der Waals surface area contributed by atoms with Crippen LogP contribution in [0.25, 0.3) is 17.0 Å². The van der Waals surface area contributed by atoms with E-state index in [4.69, 9.17) is 4.98 Å². The first-order valence-corrected chi connectivity index (χ1v) is 9.14. The molecule has 0 amide bonds. The molecule has 0 saturated heterocycles. The summed E-state index contributed by atoms with van der Waals surface area (Å²) >= 11 is 0. The molecular weight excluding hydrogens is 336 g/mol. The van der Waals surface area contributed by atoms with Crippen LogP contribution in [0.15, 0.2) is 29.7 Å². The van der Waals surface area contributed by atoms with Gasteiger partial charge in [0, 0.05) is 41.0 Å². The van der Waals surface area contributed by atoms with Gasteiger partial charge in [-0.2, -0.15) is 10.2 Å². The topological polar surface area (TPSA) is 71.8 Å². The molecule has 0 spiro atoms. The van der Waals surface area contributed by atoms with Crippen LogP contribution in [0, 0.1) is 6.92 Å². The van der Waals surface area contributed by atoms with Gasteiger partial charge in [-0.25, -0.2) is 0 Å². The molecular formula is C21H28N6. The minimum Gasteiger partial charge on any atom is -0.281 e. The van der Waals surface area contributed by atoms with E-state index in [9.17, 15) is 0 Å². The second kappa shape index (κ2) is 6.76. The average molecular weight is 364 g/mol. The molecule has 6 heteroatoms. The highest BCUT2D eigenvalue weighted by molar-refractivity contribution is 5.81. The number of hydrogen-bond acceptors (Lipinski definition) is 4. The summed E-state index contributed by atoms with van der Waals surface area (Å²) in [6.45, 7) is 16.4. The van der Waals surface area contributed by atoms with Gasteiger partial charge in [-0.05, 0) is 45.2 Å². The van der Waals surface area contributed by atoms with Gasteiger partial charge in [0.15, 0.2) is 0 Å². The number of aliphatic imine (C=N–C) groups is 1. The minimum absolute atomic E-state index is 0.00420. The van der Waals surface area contributed by atoms with Crippen LogP contribution in [-0.2, 0) is 17.4 Å². The Morgan fingerprint density at radius 3 is 2.63 bits per heavy atom. The molecule has 0 bridgehead atoms. The third-order valence-corrected chi connectivity index (χ3v) is 4.77. The van der Waals surface area contributed by atoms with Crippen molar-refractivity contribution in [3.63, 3.8) is 0 Å². The normalized spacial score (nSPS) is 13.0. The van der Waals surface area contributed by atoms with Gasteiger partial charge in [0.25, 0.3) is 0 Å². The molecule has 0 unspecified atom stereocenters. The molecule has 3 aromatic heterocycles. The zero-order valence-corrected chi connectivity index (χ0v) is 17.0. The van der Waals surface area contributed by atoms with Gasteiger partial charge in [0.1, 0.15) is 0 Å². The fourth-order valence-corrected chi connectivity index (χ4v) is 3.38. The summed E-state index contributed by atoms with van der Waals surface area (Å²) in [4.78, 5) is 8.53. The van der Waals surface area contributed by atoms with Gasteiger partial charge in [-0.15, -0.1) is 0 Å². The molecule has 3 heterocycles. The molecule has 0 aliphatic carbocycles. The maximum atomic E-state index is 4.71. The molecule has 142 valence electrons. The van der Waals surface area contributed by atoms with E-state index >= 15 is 0 Å². The number of aryl methyl sites for hydroxylation is 1. The predicted octanol–water partition coefficient (Wildman–Crippen LogP) is 4.41. The van der Waals surface area contributed by atoms with E-state index in [0.717, 1.165) is 40.0 Å². The lowest BCUT2D eigenvalue weighted by Gasteiger charge is -2.27. The van der Waals surface area contributed by atoms with Gasteiger partial charge in [-0.1, -0.05) is 20.8 Å². The summed E-state index contributed by atoms with van der Waals surface area (Å²) in [6.07, 6.45) is 8.19. The van der Waals surface area contributed by atoms with E-state index in [-0.39, 0.29) is 11.0 Å². The molecule has 1 N–H and O–H groups in total. The number of hydrogen-bond donors (Lipinski definition) is 1. The van der Waals surface area contributed by atoms with Gasteiger partial charge in [-0.3, -0.25) is 19.8 Å². The van der Waals surface area contributed by atoms with Crippen molar-refractivity contribution < 1.29 is 0 Å². The van der Waals surface area contributed by atoms with Crippen molar-refractivity contribution in [1.29, 1.82) is 0 Å². The minimum atomic E-state index is -0.251. The third kappa shape index (κ3) is 3.70. The highest BCUT2D eigenvalue weighted by Gasteiger charge is 2.26. The van der Waals surface area contributed by atoms with E-state index in [1.807, 2.05) is 30.1 Å². The Bertz CT molecular complexity index is 998. The van der Waals surface area contributed by atoms with Crippen LogP contribution >= 0.6 is 0 Å². The van der Waals surface area contributed by atoms with Gasteiger partial charge in [0.05, 0.1) is 22.9 Å². The Labute approximate surface area is 160 Å². The third-order valence-electron chi connectivity index (χ3n) is 4.77. The number of rotatable bonds is 5. The molecule has 0 aliphatic heterocycles. The average Bonchev–Trinajstić information content (AvgIpc) is 3.15. The van der Waals surface area contributed by atoms with Crippen LogP contribution in [0.4, 0.5) is 0 Å². The van der Waals surface area contributed by atoms with Gasteiger partial charge >= 0.3 is 0 Å². The largest absolute Gasteiger partial charge is 0.281 e. The van der Waals surface area contributed by atoms with Gasteiger partial charge in [0.2, 0.25) is 0 Å². The fraction of sp³-hybridized carbons (Fsp3) is 0.429. The van der Waals surface area contributed by atoms with Gasteiger partial charge < -0.3 is 0 Å². The summed E-state index contributed by atoms with van der Waals surface area (Å²) in [5.41, 5.74) is 4.95. The summed E-state index contributed by atoms with van der Waals surface area (Å²) < 4.78 is 2.03. The highest BCUT2D eigenvalue weighted by Crippen LogP contribution is 2.29. The summed E-state index contributed by atoms with van der Waals surface area (Å²) in [5.74, 6) is 0. The quantitative estimate of drug-likeness (QED) is 0.682. The van der Waals surface area contributed by atoms with Crippen LogP contribution in [0.1, 0.15) is 57.3 Å². The zero-order chi connectivity index (χ0) is 19.8. The first-order valence-electron chi connectivity index (χ1n) is 9.14. The summed E-state index contributed by atoms with van der Waals surface area (Å²) in [6, 6.07) is 2.07. The number of pyridine rings is 1. The van der Waals surface area contributed by atoms with Crippen LogP contribution in [-0.4, -0.2) is 31.7 Å². The first kappa shape index (κ1) is 19.0. The molecule has 6 nitrogen and oxygen atoms in total. The number of nitrogens with zero attached hydrogens (tertiary/aromatic N) is 5. The smallest absolute Gasteiger partial charge is 0.0957 e. The van der Waals surface area contributed by atoms with Crippen molar-refractivity contribution in [1.82, 2.24) is 25.0 Å².